The van der Waals surface area contributed by atoms with E-state index in [9.17, 15) is 10.1 Å². The van der Waals surface area contributed by atoms with Crippen molar-refractivity contribution in [3.05, 3.63) is 31.2 Å². The van der Waals surface area contributed by atoms with Crippen molar-refractivity contribution in [3.63, 3.8) is 0 Å². The number of benzene rings is 1. The molecule has 5 nitrogen and oxygen atoms in total. The molecule has 1 aliphatic rings. The molecule has 1 aromatic rings. The molecule has 1 saturated carbocycles. The number of non-ortho nitro benzene ring substituents is 1. The fourth-order valence-electron chi connectivity index (χ4n) is 2.48. The Morgan fingerprint density at radius 1 is 1.40 bits per heavy atom. The molecule has 7 heteroatoms. The minimum absolute atomic E-state index is 0.0232. The van der Waals surface area contributed by atoms with Gasteiger partial charge in [0.05, 0.1) is 13.9 Å². The van der Waals surface area contributed by atoms with Crippen molar-refractivity contribution in [3.8, 4) is 5.75 Å². The van der Waals surface area contributed by atoms with Gasteiger partial charge in [-0.3, -0.25) is 10.1 Å². The first-order valence-electron chi connectivity index (χ1n) is 6.24. The lowest BCUT2D eigenvalue weighted by atomic mass is 9.64. The minimum atomic E-state index is -0.427. The molecule has 0 radical (unpaired) electrons. The number of nitro groups is 1. The third kappa shape index (κ3) is 2.71. The summed E-state index contributed by atoms with van der Waals surface area (Å²) in [6.45, 7) is 4.30. The van der Waals surface area contributed by atoms with Crippen molar-refractivity contribution in [2.75, 3.05) is 7.05 Å². The van der Waals surface area contributed by atoms with Crippen molar-refractivity contribution >= 4 is 37.5 Å². The van der Waals surface area contributed by atoms with Gasteiger partial charge in [-0.05, 0) is 38.9 Å². The lowest BCUT2D eigenvalue weighted by Gasteiger charge is -2.51. The van der Waals surface area contributed by atoms with E-state index < -0.39 is 4.92 Å². The van der Waals surface area contributed by atoms with Crippen LogP contribution in [0.3, 0.4) is 0 Å². The third-order valence-electron chi connectivity index (χ3n) is 3.98. The van der Waals surface area contributed by atoms with Crippen LogP contribution in [0.2, 0.25) is 0 Å². The highest BCUT2D eigenvalue weighted by Gasteiger charge is 2.49. The molecule has 0 saturated heterocycles. The Morgan fingerprint density at radius 3 is 2.35 bits per heavy atom. The molecule has 0 aliphatic heterocycles. The van der Waals surface area contributed by atoms with Crippen LogP contribution in [0.4, 0.5) is 5.69 Å². The SMILES string of the molecule is CNC1CC(Oc2c(Br)cc([N+](=O)[O-])cc2Br)C1(C)C. The number of rotatable bonds is 4. The molecule has 1 N–H and O–H groups in total. The zero-order chi connectivity index (χ0) is 15.1. The summed E-state index contributed by atoms with van der Waals surface area (Å²) in [6.07, 6.45) is 0.994. The van der Waals surface area contributed by atoms with Crippen LogP contribution in [0.15, 0.2) is 21.1 Å². The zero-order valence-corrected chi connectivity index (χ0v) is 14.6. The number of hydrogen-bond donors (Lipinski definition) is 1. The molecule has 0 heterocycles. The Balaban J connectivity index is 2.21. The lowest BCUT2D eigenvalue weighted by molar-refractivity contribution is -0.385. The number of hydrogen-bond acceptors (Lipinski definition) is 4. The average Bonchev–Trinajstić information content (AvgIpc) is 2.35. The maximum Gasteiger partial charge on any atom is 0.271 e. The topological polar surface area (TPSA) is 64.4 Å². The van der Waals surface area contributed by atoms with Crippen LogP contribution < -0.4 is 10.1 Å². The molecule has 0 amide bonds. The molecule has 0 bridgehead atoms. The van der Waals surface area contributed by atoms with Crippen LogP contribution in [0.1, 0.15) is 20.3 Å². The second-order valence-corrected chi connectivity index (χ2v) is 7.21. The highest BCUT2D eigenvalue weighted by Crippen LogP contribution is 2.46. The van der Waals surface area contributed by atoms with Crippen molar-refractivity contribution in [2.45, 2.75) is 32.4 Å². The fourth-order valence-corrected chi connectivity index (χ4v) is 3.83. The number of nitro benzene ring substituents is 1. The van der Waals surface area contributed by atoms with Gasteiger partial charge in [0.1, 0.15) is 11.9 Å². The molecule has 2 atom stereocenters. The monoisotopic (exact) mass is 406 g/mol. The van der Waals surface area contributed by atoms with E-state index in [1.165, 1.54) is 12.1 Å². The van der Waals surface area contributed by atoms with E-state index in [0.717, 1.165) is 6.42 Å². The highest BCUT2D eigenvalue weighted by molar-refractivity contribution is 9.11. The summed E-state index contributed by atoms with van der Waals surface area (Å²) in [7, 11) is 1.94. The van der Waals surface area contributed by atoms with Gasteiger partial charge in [-0.15, -0.1) is 0 Å². The van der Waals surface area contributed by atoms with Crippen molar-refractivity contribution in [1.82, 2.24) is 5.32 Å². The molecule has 1 aliphatic carbocycles. The highest BCUT2D eigenvalue weighted by atomic mass is 79.9. The van der Waals surface area contributed by atoms with Gasteiger partial charge in [-0.25, -0.2) is 0 Å². The fraction of sp³-hybridized carbons (Fsp3) is 0.538. The predicted molar refractivity (Wildman–Crippen MR) is 84.2 cm³/mol. The smallest absolute Gasteiger partial charge is 0.271 e. The standard InChI is InChI=1S/C13H16Br2N2O3/c1-13(2)10(16-3)6-11(13)20-12-8(14)4-7(17(18)19)5-9(12)15/h4-5,10-11,16H,6H2,1-3H3. The Labute approximate surface area is 134 Å². The van der Waals surface area contributed by atoms with Crippen molar-refractivity contribution in [1.29, 1.82) is 0 Å². The second kappa shape index (κ2) is 5.61. The first kappa shape index (κ1) is 15.7. The van der Waals surface area contributed by atoms with E-state index in [1.807, 2.05) is 7.05 Å². The van der Waals surface area contributed by atoms with Crippen LogP contribution in [0, 0.1) is 15.5 Å². The summed E-state index contributed by atoms with van der Waals surface area (Å²) < 4.78 is 7.21. The number of nitrogens with zero attached hydrogens (tertiary/aromatic N) is 1. The van der Waals surface area contributed by atoms with E-state index in [4.69, 9.17) is 4.74 Å². The first-order valence-corrected chi connectivity index (χ1v) is 7.83. The minimum Gasteiger partial charge on any atom is -0.487 e. The molecule has 0 spiro atoms. The van der Waals surface area contributed by atoms with E-state index in [1.54, 1.807) is 0 Å². The zero-order valence-electron chi connectivity index (χ0n) is 11.4. The summed E-state index contributed by atoms with van der Waals surface area (Å²) in [4.78, 5) is 10.4. The summed E-state index contributed by atoms with van der Waals surface area (Å²) in [6, 6.07) is 3.34. The Hall–Kier alpha value is -0.660. The third-order valence-corrected chi connectivity index (χ3v) is 5.16. The van der Waals surface area contributed by atoms with Crippen molar-refractivity contribution in [2.24, 2.45) is 5.41 Å². The normalized spacial score (nSPS) is 24.1. The van der Waals surface area contributed by atoms with Crippen LogP contribution >= 0.6 is 31.9 Å². The second-order valence-electron chi connectivity index (χ2n) is 5.50. The molecular formula is C13H16Br2N2O3. The maximum absolute atomic E-state index is 10.8. The van der Waals surface area contributed by atoms with Gasteiger partial charge in [0.15, 0.2) is 0 Å². The van der Waals surface area contributed by atoms with Gasteiger partial charge in [-0.2, -0.15) is 0 Å². The van der Waals surface area contributed by atoms with Crippen LogP contribution in [0.25, 0.3) is 0 Å². The van der Waals surface area contributed by atoms with Crippen molar-refractivity contribution < 1.29 is 9.66 Å². The molecule has 1 aromatic carbocycles. The number of ether oxygens (including phenoxy) is 1. The molecule has 2 rings (SSSR count). The Bertz CT molecular complexity index is 525. The van der Waals surface area contributed by atoms with E-state index in [2.05, 4.69) is 51.0 Å². The summed E-state index contributed by atoms with van der Waals surface area (Å²) >= 11 is 6.69. The predicted octanol–water partition coefficient (Wildman–Crippen LogP) is 3.89. The quantitative estimate of drug-likeness (QED) is 0.607. The van der Waals surface area contributed by atoms with Crippen LogP contribution in [-0.4, -0.2) is 24.1 Å². The summed E-state index contributed by atoms with van der Waals surface area (Å²) in [5.74, 6) is 0.614. The van der Waals surface area contributed by atoms with E-state index in [0.29, 0.717) is 20.7 Å². The van der Waals surface area contributed by atoms with Crippen LogP contribution in [-0.2, 0) is 0 Å². The Kier molecular flexibility index (Phi) is 4.41. The van der Waals surface area contributed by atoms with Gasteiger partial charge in [0.2, 0.25) is 0 Å². The molecule has 20 heavy (non-hydrogen) atoms. The number of nitrogens with one attached hydrogen (secondary N) is 1. The molecular weight excluding hydrogens is 392 g/mol. The van der Waals surface area contributed by atoms with Gasteiger partial charge >= 0.3 is 0 Å². The molecule has 2 unspecified atom stereocenters. The van der Waals surface area contributed by atoms with E-state index >= 15 is 0 Å². The van der Waals surface area contributed by atoms with Gasteiger partial charge in [0.25, 0.3) is 5.69 Å². The molecule has 110 valence electrons. The van der Waals surface area contributed by atoms with Gasteiger partial charge < -0.3 is 10.1 Å². The molecule has 0 aromatic heterocycles. The largest absolute Gasteiger partial charge is 0.487 e. The van der Waals surface area contributed by atoms with Gasteiger partial charge in [-0.1, -0.05) is 13.8 Å². The maximum atomic E-state index is 10.8. The van der Waals surface area contributed by atoms with E-state index in [-0.39, 0.29) is 17.2 Å². The lowest BCUT2D eigenvalue weighted by Crippen LogP contribution is -2.61. The van der Waals surface area contributed by atoms with Crippen LogP contribution in [0.5, 0.6) is 5.75 Å². The average molecular weight is 408 g/mol. The van der Waals surface area contributed by atoms with Gasteiger partial charge in [0, 0.05) is 30.0 Å². The number of halogens is 2. The summed E-state index contributed by atoms with van der Waals surface area (Å²) in [5, 5.41) is 14.1. The molecule has 1 fully saturated rings. The summed E-state index contributed by atoms with van der Waals surface area (Å²) in [5.41, 5.74) is 0.0483. The Morgan fingerprint density at radius 2 is 1.95 bits per heavy atom. The first-order chi connectivity index (χ1) is 9.27.